The molecule has 118 valence electrons. The molecule has 2 rings (SSSR count). The molecule has 0 amide bonds. The first-order valence-corrected chi connectivity index (χ1v) is 7.93. The molecule has 0 bridgehead atoms. The normalized spacial score (nSPS) is 21.8. The van der Waals surface area contributed by atoms with E-state index in [0.717, 1.165) is 31.2 Å². The molecule has 1 aromatic rings. The molecular formula is C17H26ClNO2. The molecule has 1 aliphatic rings. The van der Waals surface area contributed by atoms with E-state index in [0.29, 0.717) is 22.7 Å². The molecule has 1 aromatic carbocycles. The van der Waals surface area contributed by atoms with Crippen molar-refractivity contribution in [3.63, 3.8) is 0 Å². The smallest absolute Gasteiger partial charge is 0.137 e. The van der Waals surface area contributed by atoms with Crippen molar-refractivity contribution in [3.05, 3.63) is 28.8 Å². The number of rotatable bonds is 4. The second kappa shape index (κ2) is 6.15. The number of methoxy groups -OCH3 is 1. The van der Waals surface area contributed by atoms with Crippen LogP contribution >= 0.6 is 11.6 Å². The SMILES string of the molecule is COc1ccc(C(O)C2(CN)CCC(C)(C)CC2)cc1Cl. The van der Waals surface area contributed by atoms with Gasteiger partial charge in [0.05, 0.1) is 18.2 Å². The molecule has 3 N–H and O–H groups in total. The lowest BCUT2D eigenvalue weighted by Gasteiger charge is -2.45. The van der Waals surface area contributed by atoms with E-state index in [2.05, 4.69) is 13.8 Å². The Labute approximate surface area is 132 Å². The Kier molecular flexibility index (Phi) is 4.86. The van der Waals surface area contributed by atoms with Gasteiger partial charge in [-0.3, -0.25) is 0 Å². The largest absolute Gasteiger partial charge is 0.495 e. The van der Waals surface area contributed by atoms with E-state index in [4.69, 9.17) is 22.1 Å². The number of ether oxygens (including phenoxy) is 1. The Bertz CT molecular complexity index is 492. The lowest BCUT2D eigenvalue weighted by Crippen LogP contribution is -2.41. The van der Waals surface area contributed by atoms with Crippen molar-refractivity contribution in [2.45, 2.75) is 45.6 Å². The minimum atomic E-state index is -0.581. The zero-order valence-corrected chi connectivity index (χ0v) is 13.9. The highest BCUT2D eigenvalue weighted by atomic mass is 35.5. The topological polar surface area (TPSA) is 55.5 Å². The van der Waals surface area contributed by atoms with E-state index in [-0.39, 0.29) is 5.41 Å². The average Bonchev–Trinajstić information content (AvgIpc) is 2.47. The zero-order chi connectivity index (χ0) is 15.7. The highest BCUT2D eigenvalue weighted by Gasteiger charge is 2.43. The Morgan fingerprint density at radius 3 is 2.38 bits per heavy atom. The summed E-state index contributed by atoms with van der Waals surface area (Å²) in [6.07, 6.45) is 3.49. The highest BCUT2D eigenvalue weighted by molar-refractivity contribution is 6.32. The fourth-order valence-electron chi connectivity index (χ4n) is 3.22. The first kappa shape index (κ1) is 16.6. The summed E-state index contributed by atoms with van der Waals surface area (Å²) in [5.74, 6) is 0.624. The first-order valence-electron chi connectivity index (χ1n) is 7.55. The van der Waals surface area contributed by atoms with Crippen LogP contribution < -0.4 is 10.5 Å². The summed E-state index contributed by atoms with van der Waals surface area (Å²) in [4.78, 5) is 0. The summed E-state index contributed by atoms with van der Waals surface area (Å²) in [6.45, 7) is 5.06. The lowest BCUT2D eigenvalue weighted by molar-refractivity contribution is -0.0235. The van der Waals surface area contributed by atoms with E-state index < -0.39 is 6.10 Å². The molecule has 4 heteroatoms. The molecule has 21 heavy (non-hydrogen) atoms. The molecule has 1 aliphatic carbocycles. The Hall–Kier alpha value is -0.770. The number of aliphatic hydroxyl groups is 1. The van der Waals surface area contributed by atoms with E-state index in [1.165, 1.54) is 0 Å². The molecule has 1 unspecified atom stereocenters. The second-order valence-electron chi connectivity index (χ2n) is 7.03. The Morgan fingerprint density at radius 2 is 1.90 bits per heavy atom. The first-order chi connectivity index (χ1) is 9.83. The van der Waals surface area contributed by atoms with Crippen molar-refractivity contribution >= 4 is 11.6 Å². The van der Waals surface area contributed by atoms with Crippen LogP contribution in [0.4, 0.5) is 0 Å². The summed E-state index contributed by atoms with van der Waals surface area (Å²) in [7, 11) is 1.59. The third kappa shape index (κ3) is 3.36. The van der Waals surface area contributed by atoms with E-state index in [1.807, 2.05) is 6.07 Å². The van der Waals surface area contributed by atoms with E-state index >= 15 is 0 Å². The van der Waals surface area contributed by atoms with Gasteiger partial charge in [-0.2, -0.15) is 0 Å². The molecule has 0 spiro atoms. The molecule has 0 aliphatic heterocycles. The maximum absolute atomic E-state index is 10.9. The van der Waals surface area contributed by atoms with Crippen LogP contribution in [-0.4, -0.2) is 18.8 Å². The summed E-state index contributed by atoms with van der Waals surface area (Å²) in [6, 6.07) is 5.48. The van der Waals surface area contributed by atoms with Crippen molar-refractivity contribution in [2.75, 3.05) is 13.7 Å². The third-order valence-corrected chi connectivity index (χ3v) is 5.37. The number of hydrogen-bond donors (Lipinski definition) is 2. The van der Waals surface area contributed by atoms with Crippen molar-refractivity contribution < 1.29 is 9.84 Å². The molecule has 0 radical (unpaired) electrons. The summed E-state index contributed by atoms with van der Waals surface area (Å²) >= 11 is 6.18. The predicted octanol–water partition coefficient (Wildman–Crippen LogP) is 3.93. The minimum Gasteiger partial charge on any atom is -0.495 e. The highest BCUT2D eigenvalue weighted by Crippen LogP contribution is 2.51. The predicted molar refractivity (Wildman–Crippen MR) is 86.7 cm³/mol. The summed E-state index contributed by atoms with van der Waals surface area (Å²) in [5, 5.41) is 11.4. The van der Waals surface area contributed by atoms with Gasteiger partial charge in [-0.1, -0.05) is 31.5 Å². The number of hydrogen-bond acceptors (Lipinski definition) is 3. The van der Waals surface area contributed by atoms with Crippen LogP contribution in [0, 0.1) is 10.8 Å². The third-order valence-electron chi connectivity index (χ3n) is 5.08. The molecule has 0 aromatic heterocycles. The number of aliphatic hydroxyl groups excluding tert-OH is 1. The van der Waals surface area contributed by atoms with Gasteiger partial charge < -0.3 is 15.6 Å². The van der Waals surface area contributed by atoms with Crippen LogP contribution in [0.2, 0.25) is 5.02 Å². The van der Waals surface area contributed by atoms with Gasteiger partial charge in [0.15, 0.2) is 0 Å². The van der Waals surface area contributed by atoms with Crippen LogP contribution in [0.3, 0.4) is 0 Å². The van der Waals surface area contributed by atoms with Crippen molar-refractivity contribution in [1.29, 1.82) is 0 Å². The fraction of sp³-hybridized carbons (Fsp3) is 0.647. The van der Waals surface area contributed by atoms with E-state index in [9.17, 15) is 5.11 Å². The average molecular weight is 312 g/mol. The molecular weight excluding hydrogens is 286 g/mol. The second-order valence-corrected chi connectivity index (χ2v) is 7.43. The van der Waals surface area contributed by atoms with E-state index in [1.54, 1.807) is 19.2 Å². The monoisotopic (exact) mass is 311 g/mol. The zero-order valence-electron chi connectivity index (χ0n) is 13.2. The van der Waals surface area contributed by atoms with Crippen molar-refractivity contribution in [3.8, 4) is 5.75 Å². The van der Waals surface area contributed by atoms with Gasteiger partial charge >= 0.3 is 0 Å². The number of halogens is 1. The standard InChI is InChI=1S/C17H26ClNO2/c1-16(2)6-8-17(11-19,9-7-16)15(20)12-4-5-14(21-3)13(18)10-12/h4-5,10,15,20H,6-9,11,19H2,1-3H3. The van der Waals surface area contributed by atoms with Crippen LogP contribution in [0.1, 0.15) is 51.2 Å². The molecule has 3 nitrogen and oxygen atoms in total. The summed E-state index contributed by atoms with van der Waals surface area (Å²) < 4.78 is 5.17. The number of nitrogens with two attached hydrogens (primary N) is 1. The fourth-order valence-corrected chi connectivity index (χ4v) is 3.49. The van der Waals surface area contributed by atoms with Gasteiger partial charge in [-0.25, -0.2) is 0 Å². The van der Waals surface area contributed by atoms with Gasteiger partial charge in [-0.05, 0) is 48.8 Å². The molecule has 0 heterocycles. The van der Waals surface area contributed by atoms with Gasteiger partial charge in [0.2, 0.25) is 0 Å². The van der Waals surface area contributed by atoms with Crippen molar-refractivity contribution in [2.24, 2.45) is 16.6 Å². The minimum absolute atomic E-state index is 0.243. The van der Waals surface area contributed by atoms with Crippen molar-refractivity contribution in [1.82, 2.24) is 0 Å². The summed E-state index contributed by atoms with van der Waals surface area (Å²) in [5.41, 5.74) is 6.97. The Morgan fingerprint density at radius 1 is 1.29 bits per heavy atom. The van der Waals surface area contributed by atoms with Crippen LogP contribution in [0.5, 0.6) is 5.75 Å². The molecule has 0 saturated heterocycles. The quantitative estimate of drug-likeness (QED) is 0.886. The molecule has 1 saturated carbocycles. The van der Waals surface area contributed by atoms with Gasteiger partial charge in [0.25, 0.3) is 0 Å². The van der Waals surface area contributed by atoms with Gasteiger partial charge in [0.1, 0.15) is 5.75 Å². The van der Waals surface area contributed by atoms with Crippen LogP contribution in [0.15, 0.2) is 18.2 Å². The van der Waals surface area contributed by atoms with Crippen LogP contribution in [-0.2, 0) is 0 Å². The van der Waals surface area contributed by atoms with Gasteiger partial charge in [-0.15, -0.1) is 0 Å². The van der Waals surface area contributed by atoms with Gasteiger partial charge in [0, 0.05) is 12.0 Å². The lowest BCUT2D eigenvalue weighted by atomic mass is 9.62. The molecule has 1 fully saturated rings. The Balaban J connectivity index is 2.24. The molecule has 1 atom stereocenters. The number of benzene rings is 1. The van der Waals surface area contributed by atoms with Crippen LogP contribution in [0.25, 0.3) is 0 Å². The maximum Gasteiger partial charge on any atom is 0.137 e. The maximum atomic E-state index is 10.9.